The predicted octanol–water partition coefficient (Wildman–Crippen LogP) is 4.49. The Hall–Kier alpha value is -4.24. The highest BCUT2D eigenvalue weighted by atomic mass is 32.2. The number of carbonyl (C=O) groups is 2. The van der Waals surface area contributed by atoms with Gasteiger partial charge in [0.25, 0.3) is 0 Å². The summed E-state index contributed by atoms with van der Waals surface area (Å²) in [5.41, 5.74) is 2.18. The van der Waals surface area contributed by atoms with E-state index < -0.39 is 39.6 Å². The molecule has 282 valence electrons. The number of benzene rings is 2. The Balaban J connectivity index is 1.44. The molecule has 2 heterocycles. The fraction of sp³-hybridized carbons (Fsp3) is 0.500. The number of aliphatic hydroxyl groups is 2. The maximum absolute atomic E-state index is 13.9. The van der Waals surface area contributed by atoms with Crippen molar-refractivity contribution in [2.24, 2.45) is 16.5 Å². The molecule has 1 saturated heterocycles. The first-order valence-corrected chi connectivity index (χ1v) is 19.1. The number of hydrogen-bond donors (Lipinski definition) is 3. The SMILES string of the molecule is CC(CCc1ccccc1)CN(C[C@H](O)CNC(=O)[C@@H](N1CCN(Cc2cccc(C(C)O)n2)C1=O)C(C)(C)C)S(=O)(=O)c1ccc(CN=O)cc1. The molecule has 52 heavy (non-hydrogen) atoms. The van der Waals surface area contributed by atoms with E-state index >= 15 is 0 Å². The van der Waals surface area contributed by atoms with E-state index in [-0.39, 0.29) is 49.6 Å². The molecule has 2 unspecified atom stereocenters. The van der Waals surface area contributed by atoms with Gasteiger partial charge in [0.1, 0.15) is 12.6 Å². The molecule has 0 bridgehead atoms. The highest BCUT2D eigenvalue weighted by Gasteiger charge is 2.43. The normalized spacial score (nSPS) is 16.1. The van der Waals surface area contributed by atoms with Gasteiger partial charge in [0, 0.05) is 32.7 Å². The summed E-state index contributed by atoms with van der Waals surface area (Å²) in [4.78, 5) is 45.7. The summed E-state index contributed by atoms with van der Waals surface area (Å²) in [7, 11) is -4.07. The molecule has 2 aromatic carbocycles. The van der Waals surface area contributed by atoms with E-state index in [1.807, 2.05) is 58.0 Å². The molecule has 4 rings (SSSR count). The number of amides is 3. The van der Waals surface area contributed by atoms with Crippen LogP contribution in [0.25, 0.3) is 0 Å². The van der Waals surface area contributed by atoms with Gasteiger partial charge in [-0.1, -0.05) is 81.4 Å². The zero-order chi connectivity index (χ0) is 38.1. The topological polar surface area (TPSA) is 173 Å². The van der Waals surface area contributed by atoms with Gasteiger partial charge >= 0.3 is 6.03 Å². The van der Waals surface area contributed by atoms with E-state index in [4.69, 9.17) is 0 Å². The Morgan fingerprint density at radius 2 is 1.65 bits per heavy atom. The Kier molecular flexibility index (Phi) is 14.0. The summed E-state index contributed by atoms with van der Waals surface area (Å²) in [6.07, 6.45) is -0.530. The number of nitroso groups, excluding NO2 is 1. The Bertz CT molecular complexity index is 1750. The van der Waals surface area contributed by atoms with Gasteiger partial charge in [-0.3, -0.25) is 9.78 Å². The number of carbonyl (C=O) groups excluding carboxylic acids is 2. The monoisotopic (exact) mass is 736 g/mol. The minimum Gasteiger partial charge on any atom is -0.390 e. The summed E-state index contributed by atoms with van der Waals surface area (Å²) < 4.78 is 29.1. The van der Waals surface area contributed by atoms with Crippen molar-refractivity contribution in [1.82, 2.24) is 24.4 Å². The van der Waals surface area contributed by atoms with Crippen molar-refractivity contribution in [3.63, 3.8) is 0 Å². The van der Waals surface area contributed by atoms with Crippen LogP contribution in [-0.2, 0) is 34.3 Å². The molecule has 1 aliphatic rings. The van der Waals surface area contributed by atoms with E-state index in [2.05, 4.69) is 15.5 Å². The number of nitrogens with one attached hydrogen (secondary N) is 1. The molecule has 0 saturated carbocycles. The number of pyridine rings is 1. The van der Waals surface area contributed by atoms with Gasteiger partial charge in [-0.05, 0) is 66.5 Å². The molecule has 3 aromatic rings. The number of urea groups is 1. The summed E-state index contributed by atoms with van der Waals surface area (Å²) >= 11 is 0. The van der Waals surface area contributed by atoms with Crippen LogP contribution in [0.5, 0.6) is 0 Å². The third-order valence-electron chi connectivity index (χ3n) is 9.14. The molecule has 0 aliphatic carbocycles. The quantitative estimate of drug-likeness (QED) is 0.160. The molecular formula is C38H52N6O7S. The fourth-order valence-electron chi connectivity index (χ4n) is 6.38. The second-order valence-corrected chi connectivity index (χ2v) is 16.6. The summed E-state index contributed by atoms with van der Waals surface area (Å²) in [5, 5.41) is 26.8. The van der Waals surface area contributed by atoms with Gasteiger partial charge in [-0.15, -0.1) is 0 Å². The second kappa shape index (κ2) is 18.0. The zero-order valence-corrected chi connectivity index (χ0v) is 31.5. The lowest BCUT2D eigenvalue weighted by atomic mass is 9.85. The lowest BCUT2D eigenvalue weighted by molar-refractivity contribution is -0.129. The Labute approximate surface area is 307 Å². The summed E-state index contributed by atoms with van der Waals surface area (Å²) in [6.45, 7) is 9.62. The van der Waals surface area contributed by atoms with Crippen molar-refractivity contribution in [3.05, 3.63) is 100 Å². The molecule has 13 nitrogen and oxygen atoms in total. The van der Waals surface area contributed by atoms with Crippen LogP contribution in [-0.4, -0.2) is 94.5 Å². The highest BCUT2D eigenvalue weighted by Crippen LogP contribution is 2.29. The summed E-state index contributed by atoms with van der Waals surface area (Å²) in [5.74, 6) is -0.518. The largest absolute Gasteiger partial charge is 0.390 e. The van der Waals surface area contributed by atoms with Crippen molar-refractivity contribution in [2.45, 2.75) is 83.7 Å². The third kappa shape index (κ3) is 10.9. The van der Waals surface area contributed by atoms with Gasteiger partial charge in [0.05, 0.1) is 35.0 Å². The average Bonchev–Trinajstić information content (AvgIpc) is 3.44. The van der Waals surface area contributed by atoms with E-state index in [0.29, 0.717) is 36.5 Å². The van der Waals surface area contributed by atoms with Crippen LogP contribution in [0.15, 0.2) is 82.9 Å². The van der Waals surface area contributed by atoms with Crippen molar-refractivity contribution in [1.29, 1.82) is 0 Å². The Morgan fingerprint density at radius 3 is 2.29 bits per heavy atom. The van der Waals surface area contributed by atoms with E-state index in [1.165, 1.54) is 21.3 Å². The number of aliphatic hydroxyl groups excluding tert-OH is 2. The number of rotatable bonds is 18. The number of hydrogen-bond acceptors (Lipinski definition) is 9. The third-order valence-corrected chi connectivity index (χ3v) is 11.0. The molecule has 1 fully saturated rings. The first-order valence-electron chi connectivity index (χ1n) is 17.7. The highest BCUT2D eigenvalue weighted by molar-refractivity contribution is 7.89. The van der Waals surface area contributed by atoms with E-state index in [9.17, 15) is 33.1 Å². The van der Waals surface area contributed by atoms with Crippen LogP contribution in [0.2, 0.25) is 0 Å². The first kappa shape index (κ1) is 40.5. The molecule has 3 amide bonds. The first-order chi connectivity index (χ1) is 24.6. The number of aryl methyl sites for hydroxylation is 1. The van der Waals surface area contributed by atoms with Gasteiger partial charge < -0.3 is 25.3 Å². The van der Waals surface area contributed by atoms with Crippen molar-refractivity contribution in [3.8, 4) is 0 Å². The number of nitrogens with zero attached hydrogens (tertiary/aromatic N) is 5. The molecule has 1 aliphatic heterocycles. The zero-order valence-electron chi connectivity index (χ0n) is 30.7. The van der Waals surface area contributed by atoms with Crippen LogP contribution in [0, 0.1) is 16.2 Å². The molecule has 3 N–H and O–H groups in total. The van der Waals surface area contributed by atoms with Crippen LogP contribution in [0.4, 0.5) is 4.79 Å². The molecule has 1 aromatic heterocycles. The van der Waals surface area contributed by atoms with Gasteiger partial charge in [0.2, 0.25) is 15.9 Å². The van der Waals surface area contributed by atoms with Crippen molar-refractivity contribution >= 4 is 22.0 Å². The van der Waals surface area contributed by atoms with Gasteiger partial charge in [-0.25, -0.2) is 13.2 Å². The van der Waals surface area contributed by atoms with Crippen LogP contribution >= 0.6 is 0 Å². The smallest absolute Gasteiger partial charge is 0.321 e. The summed E-state index contributed by atoms with van der Waals surface area (Å²) in [6, 6.07) is 19.9. The van der Waals surface area contributed by atoms with E-state index in [1.54, 1.807) is 42.2 Å². The molecule has 0 spiro atoms. The maximum atomic E-state index is 13.9. The van der Waals surface area contributed by atoms with Gasteiger partial charge in [-0.2, -0.15) is 9.21 Å². The van der Waals surface area contributed by atoms with Crippen LogP contribution < -0.4 is 5.32 Å². The number of aromatic nitrogens is 1. The van der Waals surface area contributed by atoms with E-state index in [0.717, 1.165) is 12.0 Å². The predicted molar refractivity (Wildman–Crippen MR) is 198 cm³/mol. The van der Waals surface area contributed by atoms with Crippen LogP contribution in [0.3, 0.4) is 0 Å². The van der Waals surface area contributed by atoms with Crippen LogP contribution in [0.1, 0.15) is 69.7 Å². The maximum Gasteiger partial charge on any atom is 0.321 e. The average molecular weight is 737 g/mol. The second-order valence-electron chi connectivity index (χ2n) is 14.7. The number of sulfonamides is 1. The minimum atomic E-state index is -4.07. The molecule has 0 radical (unpaired) electrons. The van der Waals surface area contributed by atoms with Gasteiger partial charge in [0.15, 0.2) is 0 Å². The minimum absolute atomic E-state index is 0.0198. The Morgan fingerprint density at radius 1 is 0.962 bits per heavy atom. The standard InChI is InChI=1S/C38H52N6O7S/c1-27(14-15-29-10-7-6-8-11-29)24-43(52(50,51)33-18-16-30(17-19-33)22-40-49)26-32(46)23-39-36(47)35(38(3,4)5)44-21-20-42(37(44)48)25-31-12-9-13-34(41-31)28(2)45/h6-13,16-19,27-28,32,35,45-46H,14-15,20-26H2,1-5H3,(H,39,47)/t27?,28?,32-,35-/m1/s1. The van der Waals surface area contributed by atoms with Crippen molar-refractivity contribution < 1.29 is 28.2 Å². The van der Waals surface area contributed by atoms with Crippen molar-refractivity contribution in [2.75, 3.05) is 32.7 Å². The molecular weight excluding hydrogens is 685 g/mol. The molecule has 4 atom stereocenters. The fourth-order valence-corrected chi connectivity index (χ4v) is 7.97. The lowest BCUT2D eigenvalue weighted by Crippen LogP contribution is -2.56. The lowest BCUT2D eigenvalue weighted by Gasteiger charge is -2.36. The molecule has 14 heteroatoms.